The van der Waals surface area contributed by atoms with Crippen molar-refractivity contribution in [1.29, 1.82) is 0 Å². The van der Waals surface area contributed by atoms with Crippen molar-refractivity contribution < 1.29 is 8.42 Å². The van der Waals surface area contributed by atoms with E-state index in [0.717, 1.165) is 11.4 Å². The predicted molar refractivity (Wildman–Crippen MR) is 64.3 cm³/mol. The molecule has 1 aromatic rings. The summed E-state index contributed by atoms with van der Waals surface area (Å²) in [5.41, 5.74) is 1.73. The summed E-state index contributed by atoms with van der Waals surface area (Å²) >= 11 is 0. The zero-order valence-corrected chi connectivity index (χ0v) is 10.8. The third-order valence-corrected chi connectivity index (χ3v) is 3.02. The normalized spacial score (nSPS) is 13.5. The van der Waals surface area contributed by atoms with Gasteiger partial charge in [0.1, 0.15) is 9.84 Å². The highest BCUT2D eigenvalue weighted by Gasteiger charge is 2.11. The van der Waals surface area contributed by atoms with Gasteiger partial charge in [-0.1, -0.05) is 0 Å². The van der Waals surface area contributed by atoms with E-state index in [-0.39, 0.29) is 11.8 Å². The highest BCUT2D eigenvalue weighted by atomic mass is 32.2. The van der Waals surface area contributed by atoms with Crippen LogP contribution in [0.2, 0.25) is 0 Å². The Balaban J connectivity index is 2.73. The minimum atomic E-state index is -2.98. The molecule has 0 radical (unpaired) electrons. The standard InChI is InChI=1S/C10H17N3O2S/c1-7-5-8(2)12-10(11-7)13-9(3)6-16(4,14)15/h5,9H,6H2,1-4H3,(H,11,12,13). The van der Waals surface area contributed by atoms with E-state index in [2.05, 4.69) is 15.3 Å². The fourth-order valence-electron chi connectivity index (χ4n) is 1.51. The maximum atomic E-state index is 11.1. The molecule has 0 aliphatic carbocycles. The van der Waals surface area contributed by atoms with Gasteiger partial charge in [0.15, 0.2) is 0 Å². The summed E-state index contributed by atoms with van der Waals surface area (Å²) in [6, 6.07) is 1.67. The Morgan fingerprint density at radius 2 is 1.81 bits per heavy atom. The summed E-state index contributed by atoms with van der Waals surface area (Å²) in [5, 5.41) is 2.98. The third-order valence-electron chi connectivity index (χ3n) is 1.91. The number of rotatable bonds is 4. The molecule has 1 unspecified atom stereocenters. The second kappa shape index (κ2) is 4.78. The fourth-order valence-corrected chi connectivity index (χ4v) is 2.50. The first-order valence-electron chi connectivity index (χ1n) is 5.03. The van der Waals surface area contributed by atoms with Gasteiger partial charge in [-0.2, -0.15) is 0 Å². The van der Waals surface area contributed by atoms with Crippen molar-refractivity contribution in [2.75, 3.05) is 17.3 Å². The molecule has 1 N–H and O–H groups in total. The summed E-state index contributed by atoms with van der Waals surface area (Å²) in [5.74, 6) is 0.553. The average molecular weight is 243 g/mol. The molecule has 1 aromatic heterocycles. The Hall–Kier alpha value is -1.17. The number of anilines is 1. The van der Waals surface area contributed by atoms with Crippen molar-refractivity contribution in [2.24, 2.45) is 0 Å². The molecule has 0 aliphatic rings. The minimum Gasteiger partial charge on any atom is -0.351 e. The molecule has 6 heteroatoms. The Labute approximate surface area is 96.2 Å². The van der Waals surface area contributed by atoms with E-state index in [9.17, 15) is 8.42 Å². The molecule has 0 amide bonds. The quantitative estimate of drug-likeness (QED) is 0.852. The monoisotopic (exact) mass is 243 g/mol. The van der Waals surface area contributed by atoms with E-state index in [1.807, 2.05) is 19.9 Å². The first-order chi connectivity index (χ1) is 7.26. The second-order valence-electron chi connectivity index (χ2n) is 4.11. The lowest BCUT2D eigenvalue weighted by Gasteiger charge is -2.13. The molecule has 90 valence electrons. The van der Waals surface area contributed by atoms with Gasteiger partial charge in [0.05, 0.1) is 5.75 Å². The van der Waals surface area contributed by atoms with Gasteiger partial charge in [0.25, 0.3) is 0 Å². The molecule has 0 saturated heterocycles. The molecule has 1 atom stereocenters. The minimum absolute atomic E-state index is 0.0728. The zero-order valence-electron chi connectivity index (χ0n) is 9.98. The number of nitrogens with zero attached hydrogens (tertiary/aromatic N) is 2. The summed E-state index contributed by atoms with van der Waals surface area (Å²) in [7, 11) is -2.98. The fraction of sp³-hybridized carbons (Fsp3) is 0.600. The lowest BCUT2D eigenvalue weighted by molar-refractivity contribution is 0.597. The number of hydrogen-bond acceptors (Lipinski definition) is 5. The van der Waals surface area contributed by atoms with Gasteiger partial charge in [-0.05, 0) is 26.8 Å². The first-order valence-corrected chi connectivity index (χ1v) is 7.09. The van der Waals surface area contributed by atoms with E-state index in [0.29, 0.717) is 5.95 Å². The van der Waals surface area contributed by atoms with Gasteiger partial charge in [-0.3, -0.25) is 0 Å². The number of sulfone groups is 1. The molecule has 1 heterocycles. The average Bonchev–Trinajstić information content (AvgIpc) is 1.96. The van der Waals surface area contributed by atoms with Crippen LogP contribution in [0.25, 0.3) is 0 Å². The lowest BCUT2D eigenvalue weighted by atomic mass is 10.3. The van der Waals surface area contributed by atoms with Crippen LogP contribution in [0, 0.1) is 13.8 Å². The Morgan fingerprint density at radius 1 is 1.31 bits per heavy atom. The zero-order chi connectivity index (χ0) is 12.3. The van der Waals surface area contributed by atoms with Gasteiger partial charge in [-0.15, -0.1) is 0 Å². The van der Waals surface area contributed by atoms with Crippen LogP contribution in [-0.2, 0) is 9.84 Å². The van der Waals surface area contributed by atoms with Crippen molar-refractivity contribution in [3.8, 4) is 0 Å². The molecular formula is C10H17N3O2S. The van der Waals surface area contributed by atoms with Crippen LogP contribution in [-0.4, -0.2) is 36.4 Å². The summed E-state index contributed by atoms with van der Waals surface area (Å²) in [4.78, 5) is 8.37. The van der Waals surface area contributed by atoms with Crippen molar-refractivity contribution >= 4 is 15.8 Å². The van der Waals surface area contributed by atoms with Crippen molar-refractivity contribution in [3.63, 3.8) is 0 Å². The molecule has 0 fully saturated rings. The maximum Gasteiger partial charge on any atom is 0.223 e. The van der Waals surface area contributed by atoms with Crippen molar-refractivity contribution in [2.45, 2.75) is 26.8 Å². The molecule has 0 aliphatic heterocycles. The molecule has 1 rings (SSSR count). The molecule has 16 heavy (non-hydrogen) atoms. The molecule has 0 aromatic carbocycles. The van der Waals surface area contributed by atoms with Crippen molar-refractivity contribution in [1.82, 2.24) is 9.97 Å². The third kappa shape index (κ3) is 4.57. The highest BCUT2D eigenvalue weighted by molar-refractivity contribution is 7.90. The Morgan fingerprint density at radius 3 is 2.25 bits per heavy atom. The Bertz CT molecular complexity index is 451. The van der Waals surface area contributed by atoms with Gasteiger partial charge in [0.2, 0.25) is 5.95 Å². The van der Waals surface area contributed by atoms with Crippen LogP contribution in [0.3, 0.4) is 0 Å². The van der Waals surface area contributed by atoms with Crippen molar-refractivity contribution in [3.05, 3.63) is 17.5 Å². The molecule has 0 bridgehead atoms. The maximum absolute atomic E-state index is 11.1. The topological polar surface area (TPSA) is 72.0 Å². The predicted octanol–water partition coefficient (Wildman–Crippen LogP) is 0.938. The van der Waals surface area contributed by atoms with Gasteiger partial charge < -0.3 is 5.32 Å². The smallest absolute Gasteiger partial charge is 0.223 e. The SMILES string of the molecule is Cc1cc(C)nc(NC(C)CS(C)(=O)=O)n1. The number of nitrogens with one attached hydrogen (secondary N) is 1. The van der Waals surface area contributed by atoms with Crippen LogP contribution < -0.4 is 5.32 Å². The van der Waals surface area contributed by atoms with E-state index < -0.39 is 9.84 Å². The van der Waals surface area contributed by atoms with E-state index in [1.54, 1.807) is 6.92 Å². The largest absolute Gasteiger partial charge is 0.351 e. The summed E-state index contributed by atoms with van der Waals surface area (Å²) < 4.78 is 22.2. The van der Waals surface area contributed by atoms with Crippen LogP contribution in [0.1, 0.15) is 18.3 Å². The van der Waals surface area contributed by atoms with Crippen LogP contribution in [0.15, 0.2) is 6.07 Å². The second-order valence-corrected chi connectivity index (χ2v) is 6.30. The summed E-state index contributed by atoms with van der Waals surface area (Å²) in [6.07, 6.45) is 1.22. The highest BCUT2D eigenvalue weighted by Crippen LogP contribution is 2.05. The summed E-state index contributed by atoms with van der Waals surface area (Å²) in [6.45, 7) is 5.55. The Kier molecular flexibility index (Phi) is 3.85. The van der Waals surface area contributed by atoms with Crippen LogP contribution in [0.5, 0.6) is 0 Å². The first kappa shape index (κ1) is 12.9. The van der Waals surface area contributed by atoms with E-state index in [4.69, 9.17) is 0 Å². The van der Waals surface area contributed by atoms with E-state index in [1.165, 1.54) is 6.26 Å². The van der Waals surface area contributed by atoms with Gasteiger partial charge >= 0.3 is 0 Å². The number of aryl methyl sites for hydroxylation is 2. The van der Waals surface area contributed by atoms with Crippen LogP contribution in [0.4, 0.5) is 5.95 Å². The number of aromatic nitrogens is 2. The molecule has 5 nitrogen and oxygen atoms in total. The van der Waals surface area contributed by atoms with Gasteiger partial charge in [-0.25, -0.2) is 18.4 Å². The molecule has 0 spiro atoms. The van der Waals surface area contributed by atoms with Crippen LogP contribution >= 0.6 is 0 Å². The van der Waals surface area contributed by atoms with Gasteiger partial charge in [0, 0.05) is 23.7 Å². The van der Waals surface area contributed by atoms with E-state index >= 15 is 0 Å². The number of hydrogen-bond donors (Lipinski definition) is 1. The molecular weight excluding hydrogens is 226 g/mol. The lowest BCUT2D eigenvalue weighted by Crippen LogP contribution is -2.26. The molecule has 0 saturated carbocycles.